The van der Waals surface area contributed by atoms with Crippen molar-refractivity contribution >= 4 is 15.7 Å². The van der Waals surface area contributed by atoms with Crippen LogP contribution in [-0.4, -0.2) is 40.7 Å². The van der Waals surface area contributed by atoms with E-state index in [1.54, 1.807) is 24.5 Å². The van der Waals surface area contributed by atoms with Crippen LogP contribution in [0.3, 0.4) is 0 Å². The lowest BCUT2D eigenvalue weighted by atomic mass is 10.2. The van der Waals surface area contributed by atoms with Crippen molar-refractivity contribution in [2.45, 2.75) is 4.90 Å². The zero-order chi connectivity index (χ0) is 22.0. The van der Waals surface area contributed by atoms with Gasteiger partial charge in [-0.2, -0.15) is 0 Å². The first kappa shape index (κ1) is 20.3. The van der Waals surface area contributed by atoms with E-state index in [4.69, 9.17) is 4.74 Å². The number of pyridine rings is 1. The Balaban J connectivity index is 1.68. The fourth-order valence-corrected chi connectivity index (χ4v) is 3.85. The Morgan fingerprint density at radius 3 is 2.45 bits per heavy atom. The lowest BCUT2D eigenvalue weighted by Gasteiger charge is -2.13. The van der Waals surface area contributed by atoms with Gasteiger partial charge in [0.2, 0.25) is 5.88 Å². The Labute approximate surface area is 175 Å². The van der Waals surface area contributed by atoms with E-state index in [2.05, 4.69) is 29.9 Å². The first-order valence-electron chi connectivity index (χ1n) is 8.73. The van der Waals surface area contributed by atoms with Crippen molar-refractivity contribution in [3.05, 3.63) is 66.6 Å². The van der Waals surface area contributed by atoms with Gasteiger partial charge in [-0.3, -0.25) is 4.72 Å². The molecule has 0 bridgehead atoms. The third-order valence-corrected chi connectivity index (χ3v) is 5.57. The summed E-state index contributed by atoms with van der Waals surface area (Å²) in [6, 6.07) is 6.92. The van der Waals surface area contributed by atoms with Gasteiger partial charge < -0.3 is 9.72 Å². The van der Waals surface area contributed by atoms with Gasteiger partial charge in [-0.15, -0.1) is 10.2 Å². The number of rotatable bonds is 6. The van der Waals surface area contributed by atoms with E-state index in [-0.39, 0.29) is 11.6 Å². The van der Waals surface area contributed by atoms with Gasteiger partial charge in [0.15, 0.2) is 5.82 Å². The number of aromatic nitrogens is 5. The number of hydrogen-bond acceptors (Lipinski definition) is 7. The monoisotopic (exact) mass is 444 g/mol. The van der Waals surface area contributed by atoms with Crippen LogP contribution >= 0.6 is 0 Å². The molecular formula is C19H14F2N6O3S. The van der Waals surface area contributed by atoms with Gasteiger partial charge in [-0.05, 0) is 30.3 Å². The minimum absolute atomic E-state index is 0.0463. The molecule has 0 fully saturated rings. The maximum atomic E-state index is 14.0. The summed E-state index contributed by atoms with van der Waals surface area (Å²) in [5.74, 6) is -1.62. The molecule has 0 atom stereocenters. The Morgan fingerprint density at radius 1 is 1.03 bits per heavy atom. The number of hydrogen-bond donors (Lipinski definition) is 2. The zero-order valence-corrected chi connectivity index (χ0v) is 16.7. The summed E-state index contributed by atoms with van der Waals surface area (Å²) in [7, 11) is -3.09. The van der Waals surface area contributed by atoms with E-state index in [1.807, 2.05) is 0 Å². The van der Waals surface area contributed by atoms with Gasteiger partial charge in [-0.1, -0.05) is 0 Å². The largest absolute Gasteiger partial charge is 0.480 e. The van der Waals surface area contributed by atoms with Crippen molar-refractivity contribution in [1.82, 2.24) is 25.1 Å². The number of methoxy groups -OCH3 is 1. The number of benzene rings is 1. The fraction of sp³-hybridized carbons (Fsp3) is 0.0526. The molecule has 31 heavy (non-hydrogen) atoms. The molecule has 9 nitrogen and oxygen atoms in total. The highest BCUT2D eigenvalue weighted by atomic mass is 32.2. The number of imidazole rings is 1. The summed E-state index contributed by atoms with van der Waals surface area (Å²) in [5.41, 5.74) is 1.29. The third-order valence-electron chi connectivity index (χ3n) is 4.17. The zero-order valence-electron chi connectivity index (χ0n) is 15.9. The Kier molecular flexibility index (Phi) is 5.29. The van der Waals surface area contributed by atoms with E-state index in [1.165, 1.54) is 19.4 Å². The number of ether oxygens (including phenoxy) is 1. The smallest absolute Gasteiger partial charge is 0.264 e. The molecule has 0 saturated carbocycles. The topological polar surface area (TPSA) is 123 Å². The molecule has 0 radical (unpaired) electrons. The molecule has 0 amide bonds. The first-order valence-corrected chi connectivity index (χ1v) is 10.2. The quantitative estimate of drug-likeness (QED) is 0.469. The predicted molar refractivity (Wildman–Crippen MR) is 107 cm³/mol. The molecule has 4 aromatic rings. The van der Waals surface area contributed by atoms with Crippen LogP contribution in [0.25, 0.3) is 22.8 Å². The van der Waals surface area contributed by atoms with Crippen LogP contribution in [0.4, 0.5) is 14.5 Å². The van der Waals surface area contributed by atoms with Crippen molar-refractivity contribution in [3.8, 4) is 28.7 Å². The van der Waals surface area contributed by atoms with Crippen LogP contribution in [0.5, 0.6) is 5.88 Å². The molecule has 3 heterocycles. The van der Waals surface area contributed by atoms with E-state index in [0.29, 0.717) is 28.8 Å². The lowest BCUT2D eigenvalue weighted by molar-refractivity contribution is 0.400. The number of nitrogens with zero attached hydrogens (tertiary/aromatic N) is 4. The number of anilines is 1. The van der Waals surface area contributed by atoms with Gasteiger partial charge in [0.05, 0.1) is 12.8 Å². The average Bonchev–Trinajstić information content (AvgIpc) is 3.28. The maximum Gasteiger partial charge on any atom is 0.264 e. The standard InChI is InChI=1S/C19H14F2N6O3S/c1-30-19-16(27-31(28,29)17-5-2-12(20)9-13(17)21)8-11(10-24-19)14-3-4-15(26-25-14)18-22-6-7-23-18/h2-10,27H,1H3,(H,22,23). The molecule has 158 valence electrons. The van der Waals surface area contributed by atoms with Crippen LogP contribution < -0.4 is 9.46 Å². The fourth-order valence-electron chi connectivity index (χ4n) is 2.74. The van der Waals surface area contributed by atoms with Gasteiger partial charge in [0.25, 0.3) is 10.0 Å². The van der Waals surface area contributed by atoms with Gasteiger partial charge in [0, 0.05) is 30.2 Å². The average molecular weight is 444 g/mol. The molecule has 0 unspecified atom stereocenters. The van der Waals surface area contributed by atoms with E-state index >= 15 is 0 Å². The Hall–Kier alpha value is -3.93. The van der Waals surface area contributed by atoms with Crippen molar-refractivity contribution in [2.75, 3.05) is 11.8 Å². The molecule has 4 rings (SSSR count). The minimum atomic E-state index is -4.39. The second kappa shape index (κ2) is 8.07. The van der Waals surface area contributed by atoms with Crippen LogP contribution in [0.2, 0.25) is 0 Å². The lowest BCUT2D eigenvalue weighted by Crippen LogP contribution is -2.16. The second-order valence-electron chi connectivity index (χ2n) is 6.20. The number of halogens is 2. The third kappa shape index (κ3) is 4.19. The Morgan fingerprint density at radius 2 is 1.81 bits per heavy atom. The summed E-state index contributed by atoms with van der Waals surface area (Å²) in [6.45, 7) is 0. The molecule has 12 heteroatoms. The van der Waals surface area contributed by atoms with Crippen LogP contribution in [0.15, 0.2) is 59.9 Å². The highest BCUT2D eigenvalue weighted by Gasteiger charge is 2.22. The van der Waals surface area contributed by atoms with Crippen molar-refractivity contribution in [2.24, 2.45) is 0 Å². The van der Waals surface area contributed by atoms with Gasteiger partial charge in [0.1, 0.15) is 27.9 Å². The number of sulfonamides is 1. The molecule has 0 aliphatic carbocycles. The second-order valence-corrected chi connectivity index (χ2v) is 7.85. The van der Waals surface area contributed by atoms with Crippen LogP contribution in [0.1, 0.15) is 0 Å². The molecular weight excluding hydrogens is 430 g/mol. The molecule has 2 N–H and O–H groups in total. The van der Waals surface area contributed by atoms with Gasteiger partial charge in [-0.25, -0.2) is 27.2 Å². The first-order chi connectivity index (χ1) is 14.9. The maximum absolute atomic E-state index is 14.0. The molecule has 3 aromatic heterocycles. The molecule has 0 aliphatic rings. The normalized spacial score (nSPS) is 11.3. The van der Waals surface area contributed by atoms with Crippen LogP contribution in [-0.2, 0) is 10.0 Å². The number of aromatic amines is 1. The summed E-state index contributed by atoms with van der Waals surface area (Å²) in [6.07, 6.45) is 4.66. The SMILES string of the molecule is COc1ncc(-c2ccc(-c3ncc[nH]3)nn2)cc1NS(=O)(=O)c1ccc(F)cc1F. The van der Waals surface area contributed by atoms with Gasteiger partial charge >= 0.3 is 0 Å². The van der Waals surface area contributed by atoms with Crippen molar-refractivity contribution < 1.29 is 21.9 Å². The highest BCUT2D eigenvalue weighted by molar-refractivity contribution is 7.92. The minimum Gasteiger partial charge on any atom is -0.480 e. The number of nitrogens with one attached hydrogen (secondary N) is 2. The number of H-pyrrole nitrogens is 1. The Bertz CT molecular complexity index is 1330. The van der Waals surface area contributed by atoms with Crippen molar-refractivity contribution in [1.29, 1.82) is 0 Å². The van der Waals surface area contributed by atoms with E-state index in [9.17, 15) is 17.2 Å². The molecule has 0 aliphatic heterocycles. The van der Waals surface area contributed by atoms with E-state index in [0.717, 1.165) is 12.1 Å². The summed E-state index contributed by atoms with van der Waals surface area (Å²) < 4.78 is 59.7. The molecule has 1 aromatic carbocycles. The summed E-state index contributed by atoms with van der Waals surface area (Å²) in [4.78, 5) is 10.4. The predicted octanol–water partition coefficient (Wildman–Crippen LogP) is 3.02. The summed E-state index contributed by atoms with van der Waals surface area (Å²) in [5, 5.41) is 8.20. The van der Waals surface area contributed by atoms with E-state index < -0.39 is 26.6 Å². The molecule has 0 spiro atoms. The highest BCUT2D eigenvalue weighted by Crippen LogP contribution is 2.30. The van der Waals surface area contributed by atoms with Crippen LogP contribution in [0, 0.1) is 11.6 Å². The molecule has 0 saturated heterocycles. The van der Waals surface area contributed by atoms with Crippen molar-refractivity contribution in [3.63, 3.8) is 0 Å². The summed E-state index contributed by atoms with van der Waals surface area (Å²) >= 11 is 0.